The summed E-state index contributed by atoms with van der Waals surface area (Å²) in [5.74, 6) is 0.431. The predicted octanol–water partition coefficient (Wildman–Crippen LogP) is 2.39. The number of benzene rings is 1. The number of aliphatic imine (C=N–C) groups is 2. The van der Waals surface area contributed by atoms with Crippen LogP contribution in [0.5, 0.6) is 0 Å². The molecule has 4 nitrogen and oxygen atoms in total. The van der Waals surface area contributed by atoms with Crippen molar-refractivity contribution in [3.8, 4) is 0 Å². The number of guanidine groups is 1. The van der Waals surface area contributed by atoms with E-state index in [4.69, 9.17) is 5.73 Å². The number of allylic oxidation sites excluding steroid dienone is 1. The van der Waals surface area contributed by atoms with Crippen LogP contribution in [0.15, 0.2) is 40.5 Å². The van der Waals surface area contributed by atoms with Gasteiger partial charge in [0.25, 0.3) is 0 Å². The van der Waals surface area contributed by atoms with Gasteiger partial charge in [0.15, 0.2) is 0 Å². The van der Waals surface area contributed by atoms with Crippen LogP contribution in [-0.4, -0.2) is 12.7 Å². The molecule has 3 N–H and O–H groups in total. The molecule has 0 aromatic heterocycles. The Labute approximate surface area is 95.6 Å². The molecule has 0 saturated heterocycles. The average molecular weight is 216 g/mol. The third-order valence-corrected chi connectivity index (χ3v) is 1.92. The number of anilines is 1. The Kier molecular flexibility index (Phi) is 3.83. The topological polar surface area (TPSA) is 62.8 Å². The van der Waals surface area contributed by atoms with Crippen molar-refractivity contribution in [1.82, 2.24) is 5.32 Å². The Hall–Kier alpha value is -2.10. The SMILES string of the molecule is C=NC(=Nc1ccc(N)cc1C)NC(=C)C. The summed E-state index contributed by atoms with van der Waals surface area (Å²) < 4.78 is 0. The Morgan fingerprint density at radius 1 is 1.44 bits per heavy atom. The van der Waals surface area contributed by atoms with Crippen molar-refractivity contribution in [1.29, 1.82) is 0 Å². The first-order chi connectivity index (χ1) is 7.52. The summed E-state index contributed by atoms with van der Waals surface area (Å²) in [6.45, 7) is 10.9. The van der Waals surface area contributed by atoms with Gasteiger partial charge in [-0.3, -0.25) is 0 Å². The summed E-state index contributed by atoms with van der Waals surface area (Å²) in [4.78, 5) is 8.10. The molecule has 0 aliphatic heterocycles. The molecular formula is C12H16N4. The van der Waals surface area contributed by atoms with Crippen LogP contribution in [0.4, 0.5) is 11.4 Å². The highest BCUT2D eigenvalue weighted by Gasteiger charge is 1.99. The minimum atomic E-state index is 0.431. The van der Waals surface area contributed by atoms with E-state index in [0.29, 0.717) is 5.96 Å². The van der Waals surface area contributed by atoms with E-state index in [1.807, 2.05) is 26.0 Å². The highest BCUT2D eigenvalue weighted by Crippen LogP contribution is 2.20. The first-order valence-electron chi connectivity index (χ1n) is 4.87. The lowest BCUT2D eigenvalue weighted by atomic mass is 10.2. The van der Waals surface area contributed by atoms with Crippen LogP contribution >= 0.6 is 0 Å². The van der Waals surface area contributed by atoms with E-state index in [9.17, 15) is 0 Å². The summed E-state index contributed by atoms with van der Waals surface area (Å²) in [5.41, 5.74) is 8.94. The van der Waals surface area contributed by atoms with E-state index < -0.39 is 0 Å². The molecule has 16 heavy (non-hydrogen) atoms. The van der Waals surface area contributed by atoms with E-state index in [0.717, 1.165) is 22.6 Å². The van der Waals surface area contributed by atoms with Crippen molar-refractivity contribution in [2.75, 3.05) is 5.73 Å². The number of aryl methyl sites for hydroxylation is 1. The van der Waals surface area contributed by atoms with E-state index in [1.165, 1.54) is 0 Å². The minimum absolute atomic E-state index is 0.431. The number of nitrogens with one attached hydrogen (secondary N) is 1. The normalized spacial score (nSPS) is 11.0. The maximum atomic E-state index is 5.66. The molecule has 4 heteroatoms. The second-order valence-corrected chi connectivity index (χ2v) is 3.54. The molecule has 84 valence electrons. The minimum Gasteiger partial charge on any atom is -0.399 e. The Morgan fingerprint density at radius 3 is 2.62 bits per heavy atom. The van der Waals surface area contributed by atoms with Crippen LogP contribution in [0.1, 0.15) is 12.5 Å². The molecular weight excluding hydrogens is 200 g/mol. The fraction of sp³-hybridized carbons (Fsp3) is 0.167. The molecule has 0 heterocycles. The van der Waals surface area contributed by atoms with Crippen LogP contribution in [0, 0.1) is 6.92 Å². The van der Waals surface area contributed by atoms with Crippen LogP contribution in [0.3, 0.4) is 0 Å². The van der Waals surface area contributed by atoms with Gasteiger partial charge in [0, 0.05) is 11.4 Å². The van der Waals surface area contributed by atoms with Gasteiger partial charge in [-0.15, -0.1) is 0 Å². The molecule has 0 aliphatic carbocycles. The molecule has 0 spiro atoms. The molecule has 1 rings (SSSR count). The van der Waals surface area contributed by atoms with Crippen molar-refractivity contribution >= 4 is 24.1 Å². The largest absolute Gasteiger partial charge is 0.399 e. The van der Waals surface area contributed by atoms with Crippen molar-refractivity contribution in [2.24, 2.45) is 9.98 Å². The number of nitrogens with two attached hydrogens (primary N) is 1. The number of hydrogen-bond acceptors (Lipinski definition) is 2. The van der Waals surface area contributed by atoms with Gasteiger partial charge in [-0.2, -0.15) is 0 Å². The predicted molar refractivity (Wildman–Crippen MR) is 70.2 cm³/mol. The lowest BCUT2D eigenvalue weighted by molar-refractivity contribution is 1.10. The van der Waals surface area contributed by atoms with Crippen LogP contribution in [0.25, 0.3) is 0 Å². The second-order valence-electron chi connectivity index (χ2n) is 3.54. The van der Waals surface area contributed by atoms with E-state index in [1.54, 1.807) is 6.07 Å². The highest BCUT2D eigenvalue weighted by molar-refractivity contribution is 5.88. The fourth-order valence-corrected chi connectivity index (χ4v) is 1.21. The van der Waals surface area contributed by atoms with Crippen LogP contribution in [-0.2, 0) is 0 Å². The van der Waals surface area contributed by atoms with Gasteiger partial charge >= 0.3 is 0 Å². The fourth-order valence-electron chi connectivity index (χ4n) is 1.21. The Morgan fingerprint density at radius 2 is 2.12 bits per heavy atom. The molecule has 1 aromatic carbocycles. The standard InChI is InChI=1S/C12H16N4/c1-8(2)15-12(14-4)16-11-6-5-10(13)7-9(11)3/h5-7H,1,4,13H2,2-3H3,(H,15,16). The molecule has 0 unspecified atom stereocenters. The van der Waals surface area contributed by atoms with Gasteiger partial charge in [-0.25, -0.2) is 9.98 Å². The third-order valence-electron chi connectivity index (χ3n) is 1.92. The number of nitrogen functional groups attached to an aromatic ring is 1. The van der Waals surface area contributed by atoms with Gasteiger partial charge in [0.05, 0.1) is 5.69 Å². The van der Waals surface area contributed by atoms with Crippen molar-refractivity contribution in [3.63, 3.8) is 0 Å². The monoisotopic (exact) mass is 216 g/mol. The summed E-state index contributed by atoms with van der Waals surface area (Å²) in [6.07, 6.45) is 0. The molecule has 0 atom stereocenters. The Bertz CT molecular complexity index is 446. The van der Waals surface area contributed by atoms with Gasteiger partial charge in [-0.05, 0) is 44.3 Å². The van der Waals surface area contributed by atoms with E-state index in [-0.39, 0.29) is 0 Å². The van der Waals surface area contributed by atoms with Crippen LogP contribution < -0.4 is 11.1 Å². The zero-order valence-electron chi connectivity index (χ0n) is 9.62. The lowest BCUT2D eigenvalue weighted by Gasteiger charge is -2.06. The zero-order valence-corrected chi connectivity index (χ0v) is 9.62. The second kappa shape index (κ2) is 5.11. The smallest absolute Gasteiger partial charge is 0.226 e. The molecule has 0 fully saturated rings. The zero-order chi connectivity index (χ0) is 12.1. The molecule has 1 aromatic rings. The summed E-state index contributed by atoms with van der Waals surface area (Å²) >= 11 is 0. The molecule has 0 amide bonds. The van der Waals surface area contributed by atoms with Crippen LogP contribution in [0.2, 0.25) is 0 Å². The van der Waals surface area contributed by atoms with E-state index in [2.05, 4.69) is 28.6 Å². The van der Waals surface area contributed by atoms with Gasteiger partial charge in [-0.1, -0.05) is 6.58 Å². The number of rotatable bonds is 2. The molecule has 0 radical (unpaired) electrons. The number of hydrogen-bond donors (Lipinski definition) is 2. The molecule has 0 saturated carbocycles. The Balaban J connectivity index is 3.03. The molecule has 0 bridgehead atoms. The maximum Gasteiger partial charge on any atom is 0.226 e. The van der Waals surface area contributed by atoms with Gasteiger partial charge < -0.3 is 11.1 Å². The summed E-state index contributed by atoms with van der Waals surface area (Å²) in [6, 6.07) is 5.50. The van der Waals surface area contributed by atoms with Gasteiger partial charge in [0.2, 0.25) is 5.96 Å². The third kappa shape index (κ3) is 3.24. The highest BCUT2D eigenvalue weighted by atomic mass is 15.1. The average Bonchev–Trinajstić information content (AvgIpc) is 2.20. The van der Waals surface area contributed by atoms with E-state index >= 15 is 0 Å². The first kappa shape index (κ1) is 12.0. The number of nitrogens with zero attached hydrogens (tertiary/aromatic N) is 2. The summed E-state index contributed by atoms with van der Waals surface area (Å²) in [5, 5.41) is 2.91. The lowest BCUT2D eigenvalue weighted by Crippen LogP contribution is -2.18. The quantitative estimate of drug-likeness (QED) is 0.453. The first-order valence-corrected chi connectivity index (χ1v) is 4.87. The van der Waals surface area contributed by atoms with Crippen molar-refractivity contribution in [3.05, 3.63) is 36.0 Å². The van der Waals surface area contributed by atoms with Crippen molar-refractivity contribution in [2.45, 2.75) is 13.8 Å². The maximum absolute atomic E-state index is 5.66. The van der Waals surface area contributed by atoms with Crippen molar-refractivity contribution < 1.29 is 0 Å². The summed E-state index contributed by atoms with van der Waals surface area (Å²) in [7, 11) is 0. The van der Waals surface area contributed by atoms with Gasteiger partial charge in [0.1, 0.15) is 0 Å². The molecule has 0 aliphatic rings.